The van der Waals surface area contributed by atoms with E-state index in [2.05, 4.69) is 40.6 Å². The third-order valence-electron chi connectivity index (χ3n) is 3.56. The molecule has 24 heavy (non-hydrogen) atoms. The van der Waals surface area contributed by atoms with E-state index in [-0.39, 0.29) is 36.2 Å². The third kappa shape index (κ3) is 6.64. The van der Waals surface area contributed by atoms with Crippen LogP contribution in [0.4, 0.5) is 5.82 Å². The summed E-state index contributed by atoms with van der Waals surface area (Å²) >= 11 is 0. The quantitative estimate of drug-likeness (QED) is 0.315. The average molecular weight is 445 g/mol. The fourth-order valence-corrected chi connectivity index (χ4v) is 2.54. The van der Waals surface area contributed by atoms with Crippen LogP contribution in [0.15, 0.2) is 35.5 Å². The van der Waals surface area contributed by atoms with Crippen LogP contribution in [0.3, 0.4) is 0 Å². The second kappa shape index (κ2) is 9.83. The van der Waals surface area contributed by atoms with Gasteiger partial charge in [0.2, 0.25) is 0 Å². The van der Waals surface area contributed by atoms with E-state index in [9.17, 15) is 0 Å². The molecular formula is C17H28IN5O. The zero-order valence-corrected chi connectivity index (χ0v) is 17.0. The van der Waals surface area contributed by atoms with Crippen molar-refractivity contribution >= 4 is 35.8 Å². The highest BCUT2D eigenvalue weighted by atomic mass is 127. The lowest BCUT2D eigenvalue weighted by Crippen LogP contribution is -2.45. The molecule has 1 aliphatic heterocycles. The largest absolute Gasteiger partial charge is 0.372 e. The van der Waals surface area contributed by atoms with E-state index in [1.807, 2.05) is 25.3 Å². The highest BCUT2D eigenvalue weighted by Gasteiger charge is 2.22. The van der Waals surface area contributed by atoms with E-state index < -0.39 is 0 Å². The first kappa shape index (κ1) is 20.7. The monoisotopic (exact) mass is 445 g/mol. The number of ether oxygens (including phenoxy) is 1. The molecule has 1 aromatic rings. The molecule has 2 atom stereocenters. The van der Waals surface area contributed by atoms with Gasteiger partial charge in [0.15, 0.2) is 5.96 Å². The van der Waals surface area contributed by atoms with Gasteiger partial charge in [0.25, 0.3) is 0 Å². The highest BCUT2D eigenvalue weighted by Crippen LogP contribution is 2.18. The number of aromatic nitrogens is 1. The summed E-state index contributed by atoms with van der Waals surface area (Å²) in [6, 6.07) is 4.08. The molecule has 1 aliphatic rings. The first-order valence-electron chi connectivity index (χ1n) is 7.97. The Hall–Kier alpha value is -1.35. The van der Waals surface area contributed by atoms with Crippen molar-refractivity contribution in [1.82, 2.24) is 10.3 Å². The fraction of sp³-hybridized carbons (Fsp3) is 0.529. The number of nitrogens with two attached hydrogens (primary N) is 1. The normalized spacial score (nSPS) is 21.1. The lowest BCUT2D eigenvalue weighted by Gasteiger charge is -2.36. The van der Waals surface area contributed by atoms with Gasteiger partial charge in [-0.3, -0.25) is 0 Å². The van der Waals surface area contributed by atoms with Crippen LogP contribution in [0, 0.1) is 0 Å². The van der Waals surface area contributed by atoms with Crippen molar-refractivity contribution in [3.63, 3.8) is 0 Å². The van der Waals surface area contributed by atoms with Crippen molar-refractivity contribution < 1.29 is 4.74 Å². The Kier molecular flexibility index (Phi) is 8.47. The Balaban J connectivity index is 0.00000288. The molecule has 134 valence electrons. The first-order chi connectivity index (χ1) is 10.9. The molecule has 0 spiro atoms. The van der Waals surface area contributed by atoms with E-state index >= 15 is 0 Å². The smallest absolute Gasteiger partial charge is 0.189 e. The number of nitrogens with zero attached hydrogens (tertiary/aromatic N) is 3. The molecule has 1 aromatic heterocycles. The Morgan fingerprint density at radius 2 is 2.08 bits per heavy atom. The van der Waals surface area contributed by atoms with Crippen molar-refractivity contribution in [1.29, 1.82) is 0 Å². The zero-order chi connectivity index (χ0) is 16.8. The number of rotatable bonds is 5. The summed E-state index contributed by atoms with van der Waals surface area (Å²) in [5.41, 5.74) is 7.85. The fourth-order valence-electron chi connectivity index (χ4n) is 2.54. The molecule has 0 radical (unpaired) electrons. The molecule has 0 amide bonds. The molecule has 0 aliphatic carbocycles. The molecular weight excluding hydrogens is 417 g/mol. The molecule has 7 heteroatoms. The summed E-state index contributed by atoms with van der Waals surface area (Å²) in [5.74, 6) is 1.40. The molecule has 1 saturated heterocycles. The van der Waals surface area contributed by atoms with Gasteiger partial charge in [-0.1, -0.05) is 18.2 Å². The van der Waals surface area contributed by atoms with Gasteiger partial charge in [-0.2, -0.15) is 0 Å². The number of guanidine groups is 1. The molecule has 6 nitrogen and oxygen atoms in total. The average Bonchev–Trinajstić information content (AvgIpc) is 2.50. The van der Waals surface area contributed by atoms with E-state index in [1.165, 1.54) is 0 Å². The number of morpholine rings is 1. The lowest BCUT2D eigenvalue weighted by atomic mass is 10.2. The second-order valence-corrected chi connectivity index (χ2v) is 6.20. The number of nitrogens with one attached hydrogen (secondary N) is 1. The number of halogens is 1. The van der Waals surface area contributed by atoms with Gasteiger partial charge < -0.3 is 20.7 Å². The summed E-state index contributed by atoms with van der Waals surface area (Å²) in [7, 11) is 0. The van der Waals surface area contributed by atoms with E-state index in [1.54, 1.807) is 0 Å². The van der Waals surface area contributed by atoms with E-state index in [4.69, 9.17) is 10.5 Å². The Bertz CT molecular complexity index is 551. The van der Waals surface area contributed by atoms with Crippen LogP contribution in [0.25, 0.3) is 0 Å². The van der Waals surface area contributed by atoms with Gasteiger partial charge in [0.1, 0.15) is 5.82 Å². The SMILES string of the molecule is C=C(C)CNC(N)=NCc1ccc(N2CC(C)OC(C)C2)nc1.I. The topological polar surface area (TPSA) is 75.8 Å². The van der Waals surface area contributed by atoms with Gasteiger partial charge in [-0.25, -0.2) is 9.98 Å². The van der Waals surface area contributed by atoms with Crippen molar-refractivity contribution in [3.05, 3.63) is 36.0 Å². The minimum absolute atomic E-state index is 0. The number of hydrogen-bond acceptors (Lipinski definition) is 4. The maximum atomic E-state index is 5.80. The predicted octanol–water partition coefficient (Wildman–Crippen LogP) is 2.29. The Morgan fingerprint density at radius 3 is 2.62 bits per heavy atom. The van der Waals surface area contributed by atoms with Crippen LogP contribution in [-0.2, 0) is 11.3 Å². The predicted molar refractivity (Wildman–Crippen MR) is 110 cm³/mol. The molecule has 2 heterocycles. The third-order valence-corrected chi connectivity index (χ3v) is 3.56. The van der Waals surface area contributed by atoms with Gasteiger partial charge in [-0.05, 0) is 32.4 Å². The molecule has 0 aromatic carbocycles. The Morgan fingerprint density at radius 1 is 1.42 bits per heavy atom. The van der Waals surface area contributed by atoms with Gasteiger partial charge >= 0.3 is 0 Å². The molecule has 3 N–H and O–H groups in total. The standard InChI is InChI=1S/C17H27N5O.HI/c1-12(2)7-20-17(18)21-9-15-5-6-16(19-8-15)22-10-13(3)23-14(4)11-22;/h5-6,8,13-14H,1,7,9-11H2,2-4H3,(H3,18,20,21);1H. The van der Waals surface area contributed by atoms with Gasteiger partial charge in [-0.15, -0.1) is 24.0 Å². The lowest BCUT2D eigenvalue weighted by molar-refractivity contribution is -0.00545. The summed E-state index contributed by atoms with van der Waals surface area (Å²) in [6.45, 7) is 12.8. The van der Waals surface area contributed by atoms with Gasteiger partial charge in [0, 0.05) is 25.8 Å². The maximum absolute atomic E-state index is 5.80. The van der Waals surface area contributed by atoms with Crippen molar-refractivity contribution in [2.45, 2.75) is 39.5 Å². The summed E-state index contributed by atoms with van der Waals surface area (Å²) in [6.07, 6.45) is 2.31. The van der Waals surface area contributed by atoms with Crippen LogP contribution < -0.4 is 16.0 Å². The number of anilines is 1. The molecule has 0 saturated carbocycles. The summed E-state index contributed by atoms with van der Waals surface area (Å²) < 4.78 is 5.75. The highest BCUT2D eigenvalue weighted by molar-refractivity contribution is 14.0. The molecule has 1 fully saturated rings. The number of pyridine rings is 1. The summed E-state index contributed by atoms with van der Waals surface area (Å²) in [5, 5.41) is 3.01. The number of hydrogen-bond donors (Lipinski definition) is 2. The maximum Gasteiger partial charge on any atom is 0.189 e. The van der Waals surface area contributed by atoms with Crippen LogP contribution >= 0.6 is 24.0 Å². The summed E-state index contributed by atoms with van der Waals surface area (Å²) in [4.78, 5) is 11.1. The minimum Gasteiger partial charge on any atom is -0.372 e. The number of aliphatic imine (C=N–C) groups is 1. The van der Waals surface area contributed by atoms with E-state index in [0.29, 0.717) is 19.0 Å². The molecule has 2 unspecified atom stereocenters. The molecule has 0 bridgehead atoms. The van der Waals surface area contributed by atoms with Crippen LogP contribution in [-0.4, -0.2) is 42.8 Å². The van der Waals surface area contributed by atoms with Crippen molar-refractivity contribution in [3.8, 4) is 0 Å². The van der Waals surface area contributed by atoms with Crippen LogP contribution in [0.5, 0.6) is 0 Å². The van der Waals surface area contributed by atoms with Crippen LogP contribution in [0.2, 0.25) is 0 Å². The first-order valence-corrected chi connectivity index (χ1v) is 7.97. The minimum atomic E-state index is 0. The Labute approximate surface area is 161 Å². The zero-order valence-electron chi connectivity index (χ0n) is 14.7. The van der Waals surface area contributed by atoms with Crippen molar-refractivity contribution in [2.24, 2.45) is 10.7 Å². The van der Waals surface area contributed by atoms with E-state index in [0.717, 1.165) is 30.0 Å². The van der Waals surface area contributed by atoms with Crippen molar-refractivity contribution in [2.75, 3.05) is 24.5 Å². The molecule has 2 rings (SSSR count). The van der Waals surface area contributed by atoms with Gasteiger partial charge in [0.05, 0.1) is 18.8 Å². The second-order valence-electron chi connectivity index (χ2n) is 6.20. The van der Waals surface area contributed by atoms with Crippen LogP contribution in [0.1, 0.15) is 26.3 Å².